The summed E-state index contributed by atoms with van der Waals surface area (Å²) in [7, 11) is 1.81. The highest BCUT2D eigenvalue weighted by Gasteiger charge is 2.39. The molecule has 2 aromatic carbocycles. The second-order valence-electron chi connectivity index (χ2n) is 13.1. The monoisotopic (exact) mass is 607 g/mol. The largest absolute Gasteiger partial charge is 0.507 e. The van der Waals surface area contributed by atoms with Crippen LogP contribution < -0.4 is 4.74 Å². The van der Waals surface area contributed by atoms with Crippen LogP contribution in [-0.2, 0) is 19.8 Å². The number of benzene rings is 2. The van der Waals surface area contributed by atoms with Gasteiger partial charge in [0, 0.05) is 42.5 Å². The van der Waals surface area contributed by atoms with Gasteiger partial charge < -0.3 is 19.8 Å². The van der Waals surface area contributed by atoms with Crippen molar-refractivity contribution >= 4 is 23.7 Å². The molecular formula is C37H53NO6. The first-order valence-electron chi connectivity index (χ1n) is 15.8. The molecule has 0 aliphatic heterocycles. The number of carbonyl (C=O) groups excluding carboxylic acids is 2. The van der Waals surface area contributed by atoms with Crippen LogP contribution in [0.3, 0.4) is 0 Å². The molecule has 0 spiro atoms. The molecule has 2 aromatic rings. The summed E-state index contributed by atoms with van der Waals surface area (Å²) >= 11 is 0. The summed E-state index contributed by atoms with van der Waals surface area (Å²) in [5, 5.41) is 18.1. The second-order valence-corrected chi connectivity index (χ2v) is 13.1. The number of hydrogen-bond donors (Lipinski definition) is 2. The first kappa shape index (κ1) is 36.6. The molecule has 2 unspecified atom stereocenters. The van der Waals surface area contributed by atoms with E-state index in [1.165, 1.54) is 5.56 Å². The number of carbonyl (C=O) groups is 3. The molecule has 44 heavy (non-hydrogen) atoms. The molecule has 242 valence electrons. The third-order valence-corrected chi connectivity index (χ3v) is 9.34. The van der Waals surface area contributed by atoms with Crippen LogP contribution in [0.5, 0.6) is 11.5 Å². The van der Waals surface area contributed by atoms with Crippen molar-refractivity contribution in [2.75, 3.05) is 7.05 Å². The molecule has 3 rings (SSSR count). The second kappa shape index (κ2) is 15.4. The summed E-state index contributed by atoms with van der Waals surface area (Å²) < 4.78 is 6.29. The van der Waals surface area contributed by atoms with E-state index < -0.39 is 12.1 Å². The maximum atomic E-state index is 12.9. The molecule has 1 fully saturated rings. The Bertz CT molecular complexity index is 1330. The quantitative estimate of drug-likeness (QED) is 0.266. The first-order valence-corrected chi connectivity index (χ1v) is 15.8. The zero-order valence-electron chi connectivity index (χ0n) is 28.4. The number of aryl methyl sites for hydroxylation is 1. The fourth-order valence-corrected chi connectivity index (χ4v) is 5.91. The van der Waals surface area contributed by atoms with Gasteiger partial charge in [-0.05, 0) is 92.8 Å². The van der Waals surface area contributed by atoms with Crippen LogP contribution >= 0.6 is 0 Å². The number of carboxylic acids is 1. The van der Waals surface area contributed by atoms with E-state index in [0.29, 0.717) is 11.5 Å². The first-order chi connectivity index (χ1) is 20.5. The van der Waals surface area contributed by atoms with Crippen molar-refractivity contribution in [1.29, 1.82) is 0 Å². The fraction of sp³-hybridized carbons (Fsp3) is 0.541. The van der Waals surface area contributed by atoms with Crippen molar-refractivity contribution in [3.63, 3.8) is 0 Å². The Morgan fingerprint density at radius 1 is 1.09 bits per heavy atom. The molecule has 7 nitrogen and oxygen atoms in total. The van der Waals surface area contributed by atoms with Crippen LogP contribution in [0.2, 0.25) is 0 Å². The summed E-state index contributed by atoms with van der Waals surface area (Å²) in [6.45, 7) is 17.7. The Labute approximate surface area is 264 Å². The minimum absolute atomic E-state index is 0.0886. The fourth-order valence-electron chi connectivity index (χ4n) is 5.91. The van der Waals surface area contributed by atoms with Crippen molar-refractivity contribution in [2.45, 2.75) is 112 Å². The van der Waals surface area contributed by atoms with Gasteiger partial charge in [-0.15, -0.1) is 0 Å². The summed E-state index contributed by atoms with van der Waals surface area (Å²) in [6, 6.07) is 12.1. The van der Waals surface area contributed by atoms with Crippen LogP contribution in [0.25, 0.3) is 6.08 Å². The van der Waals surface area contributed by atoms with Gasteiger partial charge in [0.25, 0.3) is 5.97 Å². The van der Waals surface area contributed by atoms with Crippen LogP contribution in [0.4, 0.5) is 0 Å². The number of ether oxygens (including phenoxy) is 1. The van der Waals surface area contributed by atoms with Gasteiger partial charge in [0.15, 0.2) is 11.9 Å². The lowest BCUT2D eigenvalue weighted by molar-refractivity contribution is -0.138. The molecule has 7 heteroatoms. The van der Waals surface area contributed by atoms with Gasteiger partial charge >= 0.3 is 0 Å². The molecule has 0 saturated heterocycles. The molecule has 1 saturated carbocycles. The van der Waals surface area contributed by atoms with Crippen molar-refractivity contribution in [1.82, 2.24) is 4.90 Å². The van der Waals surface area contributed by atoms with Gasteiger partial charge in [-0.25, -0.2) is 0 Å². The van der Waals surface area contributed by atoms with E-state index in [2.05, 4.69) is 39.8 Å². The Hall–Kier alpha value is -3.61. The van der Waals surface area contributed by atoms with Gasteiger partial charge in [0.1, 0.15) is 11.5 Å². The SMILES string of the molecule is CC(=O)O.CCC(CC)(c1ccc(OC2CCCC(C)(C)C2=O)c(C)c1)c1ccc(O)c(/C=C/C(=O)N(C)C(C)C(C)C)c1. The molecule has 2 atom stereocenters. The third-order valence-electron chi connectivity index (χ3n) is 9.34. The lowest BCUT2D eigenvalue weighted by Crippen LogP contribution is -2.42. The smallest absolute Gasteiger partial charge is 0.300 e. The van der Waals surface area contributed by atoms with Crippen LogP contribution in [0.15, 0.2) is 42.5 Å². The number of rotatable bonds is 10. The molecule has 0 aromatic heterocycles. The standard InChI is InChI=1S/C35H49NO4.C2H4O2/c1-10-35(11-2,27-16-18-30(24(5)21-27)40-31-13-12-20-34(7,8)33(31)39)28-15-17-29(37)26(22-28)14-19-32(38)36(9)25(6)23(3)4;1-2(3)4/h14-19,21-23,25,31,37H,10-13,20H2,1-9H3;1H3,(H,3,4)/b19-14+;. The average Bonchev–Trinajstić information content (AvgIpc) is 2.96. The number of aliphatic carboxylic acids is 1. The molecule has 0 heterocycles. The summed E-state index contributed by atoms with van der Waals surface area (Å²) in [4.78, 5) is 36.5. The van der Waals surface area contributed by atoms with E-state index >= 15 is 0 Å². The number of carboxylic acid groups (broad SMARTS) is 1. The molecule has 1 aliphatic carbocycles. The van der Waals surface area contributed by atoms with Gasteiger partial charge in [-0.1, -0.05) is 59.7 Å². The summed E-state index contributed by atoms with van der Waals surface area (Å²) in [5.74, 6) is 0.520. The van der Waals surface area contributed by atoms with Gasteiger partial charge in [-0.2, -0.15) is 0 Å². The van der Waals surface area contributed by atoms with Crippen molar-refractivity contribution in [2.24, 2.45) is 11.3 Å². The Morgan fingerprint density at radius 3 is 2.20 bits per heavy atom. The van der Waals surface area contributed by atoms with E-state index in [-0.39, 0.29) is 34.3 Å². The lowest BCUT2D eigenvalue weighted by atomic mass is 9.70. The molecule has 1 amide bonds. The van der Waals surface area contributed by atoms with Gasteiger partial charge in [0.2, 0.25) is 5.91 Å². The van der Waals surface area contributed by atoms with Gasteiger partial charge in [-0.3, -0.25) is 14.4 Å². The number of amides is 1. The topological polar surface area (TPSA) is 104 Å². The maximum Gasteiger partial charge on any atom is 0.300 e. The Morgan fingerprint density at radius 2 is 1.66 bits per heavy atom. The van der Waals surface area contributed by atoms with E-state index in [0.717, 1.165) is 55.9 Å². The van der Waals surface area contributed by atoms with Gasteiger partial charge in [0.05, 0.1) is 0 Å². The molecule has 1 aliphatic rings. The summed E-state index contributed by atoms with van der Waals surface area (Å²) in [6.07, 6.45) is 7.24. The third kappa shape index (κ3) is 8.73. The summed E-state index contributed by atoms with van der Waals surface area (Å²) in [5.41, 5.74) is 3.26. The number of aromatic hydroxyl groups is 1. The van der Waals surface area contributed by atoms with Crippen molar-refractivity contribution in [3.05, 3.63) is 64.7 Å². The highest BCUT2D eigenvalue weighted by molar-refractivity contribution is 5.92. The van der Waals surface area contributed by atoms with Crippen molar-refractivity contribution in [3.8, 4) is 11.5 Å². The molecular weight excluding hydrogens is 554 g/mol. The van der Waals surface area contributed by atoms with E-state index in [9.17, 15) is 14.7 Å². The highest BCUT2D eigenvalue weighted by atomic mass is 16.5. The minimum atomic E-state index is -0.833. The highest BCUT2D eigenvalue weighted by Crippen LogP contribution is 2.42. The van der Waals surface area contributed by atoms with Crippen molar-refractivity contribution < 1.29 is 29.3 Å². The maximum absolute atomic E-state index is 12.9. The zero-order chi connectivity index (χ0) is 33.4. The Kier molecular flexibility index (Phi) is 12.8. The van der Waals surface area contributed by atoms with E-state index in [4.69, 9.17) is 14.6 Å². The zero-order valence-corrected chi connectivity index (χ0v) is 28.4. The van der Waals surface area contributed by atoms with Crippen LogP contribution in [-0.4, -0.2) is 52.0 Å². The number of phenolic OH excluding ortho intramolecular Hbond substituents is 1. The molecule has 2 N–H and O–H groups in total. The minimum Gasteiger partial charge on any atom is -0.507 e. The Balaban J connectivity index is 0.00000159. The molecule has 0 radical (unpaired) electrons. The van der Waals surface area contributed by atoms with Crippen LogP contribution in [0, 0.1) is 18.3 Å². The lowest BCUT2D eigenvalue weighted by Gasteiger charge is -2.35. The number of phenols is 1. The van der Waals surface area contributed by atoms with Crippen LogP contribution in [0.1, 0.15) is 110 Å². The average molecular weight is 608 g/mol. The normalized spacial score (nSPS) is 17.2. The molecule has 0 bridgehead atoms. The van der Waals surface area contributed by atoms with E-state index in [1.807, 2.05) is 52.9 Å². The predicted molar refractivity (Wildman–Crippen MR) is 177 cm³/mol. The number of hydrogen-bond acceptors (Lipinski definition) is 5. The predicted octanol–water partition coefficient (Wildman–Crippen LogP) is 7.94. The number of nitrogens with zero attached hydrogens (tertiary/aromatic N) is 1. The number of ketones is 1. The number of Topliss-reactive ketones (excluding diaryl/α,β-unsaturated/α-hetero) is 1. The van der Waals surface area contributed by atoms with E-state index in [1.54, 1.807) is 23.1 Å². The number of likely N-dealkylation sites (N-methyl/N-ethyl adjacent to an activating group) is 1.